The van der Waals surface area contributed by atoms with E-state index in [4.69, 9.17) is 0 Å². The van der Waals surface area contributed by atoms with Gasteiger partial charge < -0.3 is 0 Å². The summed E-state index contributed by atoms with van der Waals surface area (Å²) in [5.74, 6) is -3.31. The van der Waals surface area contributed by atoms with Crippen molar-refractivity contribution in [3.63, 3.8) is 0 Å². The highest BCUT2D eigenvalue weighted by atomic mass is 19.3. The van der Waals surface area contributed by atoms with Crippen LogP contribution in [0.3, 0.4) is 0 Å². The van der Waals surface area contributed by atoms with E-state index >= 15 is 0 Å². The Kier molecular flexibility index (Phi) is 5.62. The summed E-state index contributed by atoms with van der Waals surface area (Å²) in [6.07, 6.45) is 1.70. The normalized spacial score (nSPS) is 13.9. The second kappa shape index (κ2) is 5.91. The van der Waals surface area contributed by atoms with Gasteiger partial charge in [-0.25, -0.2) is 13.8 Å². The van der Waals surface area contributed by atoms with Crippen LogP contribution < -0.4 is 5.43 Å². The van der Waals surface area contributed by atoms with E-state index in [2.05, 4.69) is 17.7 Å². The molecule has 14 heavy (non-hydrogen) atoms. The van der Waals surface area contributed by atoms with Crippen LogP contribution >= 0.6 is 0 Å². The van der Waals surface area contributed by atoms with Gasteiger partial charge in [-0.2, -0.15) is 0 Å². The van der Waals surface area contributed by atoms with Crippen LogP contribution in [-0.2, 0) is 0 Å². The van der Waals surface area contributed by atoms with Crippen LogP contribution in [-0.4, -0.2) is 31.1 Å². The molecule has 0 saturated carbocycles. The van der Waals surface area contributed by atoms with Crippen molar-refractivity contribution in [1.82, 2.24) is 10.4 Å². The lowest BCUT2D eigenvalue weighted by Crippen LogP contribution is -2.41. The summed E-state index contributed by atoms with van der Waals surface area (Å²) in [6.45, 7) is 6.73. The van der Waals surface area contributed by atoms with Crippen LogP contribution in [0.4, 0.5) is 8.78 Å². The van der Waals surface area contributed by atoms with Gasteiger partial charge in [-0.1, -0.05) is 13.5 Å². The van der Waals surface area contributed by atoms with Crippen molar-refractivity contribution in [3.8, 4) is 0 Å². The average molecular weight is 204 g/mol. The van der Waals surface area contributed by atoms with Crippen LogP contribution in [0.15, 0.2) is 18.4 Å². The van der Waals surface area contributed by atoms with Gasteiger partial charge in [0.05, 0.1) is 0 Å². The third kappa shape index (κ3) is 5.86. The Bertz CT molecular complexity index is 205. The Hall–Kier alpha value is -0.700. The lowest BCUT2D eigenvalue weighted by Gasteiger charge is -2.25. The second-order valence-corrected chi connectivity index (χ2v) is 3.51. The lowest BCUT2D eigenvalue weighted by molar-refractivity contribution is -0.0459. The fourth-order valence-corrected chi connectivity index (χ4v) is 0.909. The molecule has 0 rings (SSSR count). The molecular formula is C10H18F2N2. The monoisotopic (exact) mass is 204 g/mol. The first-order valence-electron chi connectivity index (χ1n) is 4.54. The number of rotatable bonds is 6. The van der Waals surface area contributed by atoms with E-state index in [9.17, 15) is 8.78 Å². The largest absolute Gasteiger partial charge is 0.251 e. The number of alkyl halides is 2. The standard InChI is InChI=1S/C10H18F2N2/c1-5-6-7-13-14(4)8-9(2)10(3,11)12/h6,9,13H,1,7-8H2,2-4H3. The molecule has 0 bridgehead atoms. The Labute approximate surface area is 84.3 Å². The molecule has 0 saturated heterocycles. The first-order valence-corrected chi connectivity index (χ1v) is 4.54. The van der Waals surface area contributed by atoms with Gasteiger partial charge in [0.25, 0.3) is 0 Å². The summed E-state index contributed by atoms with van der Waals surface area (Å²) >= 11 is 0. The molecular weight excluding hydrogens is 186 g/mol. The van der Waals surface area contributed by atoms with E-state index in [1.165, 1.54) is 6.92 Å². The number of hydrazine groups is 1. The van der Waals surface area contributed by atoms with Crippen molar-refractivity contribution >= 4 is 0 Å². The van der Waals surface area contributed by atoms with E-state index in [0.717, 1.165) is 6.92 Å². The molecule has 0 aromatic rings. The smallest absolute Gasteiger partial charge is 0.249 e. The zero-order valence-corrected chi connectivity index (χ0v) is 8.98. The van der Waals surface area contributed by atoms with Crippen molar-refractivity contribution in [3.05, 3.63) is 18.4 Å². The van der Waals surface area contributed by atoms with Gasteiger partial charge in [-0.3, -0.25) is 5.43 Å². The minimum atomic E-state index is -2.63. The van der Waals surface area contributed by atoms with E-state index in [-0.39, 0.29) is 0 Å². The van der Waals surface area contributed by atoms with E-state index < -0.39 is 11.8 Å². The highest BCUT2D eigenvalue weighted by Crippen LogP contribution is 2.23. The fourth-order valence-electron chi connectivity index (χ4n) is 0.909. The first kappa shape index (κ1) is 13.3. The van der Waals surface area contributed by atoms with Crippen molar-refractivity contribution in [2.75, 3.05) is 20.1 Å². The Morgan fingerprint density at radius 2 is 2.21 bits per heavy atom. The molecule has 0 aliphatic carbocycles. The van der Waals surface area contributed by atoms with Gasteiger partial charge in [-0.15, -0.1) is 5.73 Å². The molecule has 0 spiro atoms. The van der Waals surface area contributed by atoms with Crippen molar-refractivity contribution in [2.45, 2.75) is 19.8 Å². The van der Waals surface area contributed by atoms with Gasteiger partial charge >= 0.3 is 0 Å². The maximum Gasteiger partial charge on any atom is 0.249 e. The highest BCUT2D eigenvalue weighted by Gasteiger charge is 2.30. The topological polar surface area (TPSA) is 15.3 Å². The summed E-state index contributed by atoms with van der Waals surface area (Å²) in [4.78, 5) is 0. The molecule has 0 amide bonds. The van der Waals surface area contributed by atoms with E-state index in [0.29, 0.717) is 13.1 Å². The minimum absolute atomic E-state index is 0.300. The number of hydrogen-bond donors (Lipinski definition) is 1. The quantitative estimate of drug-likeness (QED) is 0.526. The van der Waals surface area contributed by atoms with Gasteiger partial charge in [0.1, 0.15) is 0 Å². The number of hydrogen-bond acceptors (Lipinski definition) is 2. The van der Waals surface area contributed by atoms with Crippen LogP contribution in [0.5, 0.6) is 0 Å². The molecule has 0 aliphatic heterocycles. The molecule has 82 valence electrons. The third-order valence-electron chi connectivity index (χ3n) is 2.02. The van der Waals surface area contributed by atoms with Gasteiger partial charge in [0.2, 0.25) is 5.92 Å². The predicted molar refractivity (Wildman–Crippen MR) is 54.1 cm³/mol. The molecule has 0 aliphatic rings. The van der Waals surface area contributed by atoms with Crippen molar-refractivity contribution < 1.29 is 8.78 Å². The van der Waals surface area contributed by atoms with Crippen molar-refractivity contribution in [1.29, 1.82) is 0 Å². The van der Waals surface area contributed by atoms with E-state index in [1.54, 1.807) is 18.1 Å². The number of halogens is 2. The average Bonchev–Trinajstić information content (AvgIpc) is 2.03. The molecule has 0 aromatic heterocycles. The Morgan fingerprint density at radius 3 is 2.64 bits per heavy atom. The molecule has 0 heterocycles. The van der Waals surface area contributed by atoms with Gasteiger partial charge in [0.15, 0.2) is 0 Å². The molecule has 1 atom stereocenters. The molecule has 0 radical (unpaired) electrons. The predicted octanol–water partition coefficient (Wildman–Crippen LogP) is 2.06. The summed E-state index contributed by atoms with van der Waals surface area (Å²) in [7, 11) is 1.74. The second-order valence-electron chi connectivity index (χ2n) is 3.51. The zero-order valence-electron chi connectivity index (χ0n) is 8.98. The summed E-state index contributed by atoms with van der Waals surface area (Å²) in [6, 6.07) is 0. The van der Waals surface area contributed by atoms with Crippen LogP contribution in [0.25, 0.3) is 0 Å². The Morgan fingerprint density at radius 1 is 1.64 bits per heavy atom. The molecule has 1 N–H and O–H groups in total. The molecule has 0 fully saturated rings. The van der Waals surface area contributed by atoms with Crippen LogP contribution in [0.2, 0.25) is 0 Å². The summed E-state index contributed by atoms with van der Waals surface area (Å²) in [5, 5.41) is 1.65. The number of nitrogens with zero attached hydrogens (tertiary/aromatic N) is 1. The number of nitrogens with one attached hydrogen (secondary N) is 1. The molecule has 4 heteroatoms. The van der Waals surface area contributed by atoms with Gasteiger partial charge in [0, 0.05) is 26.1 Å². The molecule has 2 nitrogen and oxygen atoms in total. The molecule has 0 aromatic carbocycles. The first-order chi connectivity index (χ1) is 6.38. The summed E-state index contributed by atoms with van der Waals surface area (Å²) in [5.41, 5.74) is 5.52. The van der Waals surface area contributed by atoms with Crippen LogP contribution in [0.1, 0.15) is 13.8 Å². The minimum Gasteiger partial charge on any atom is -0.251 e. The van der Waals surface area contributed by atoms with Gasteiger partial charge in [-0.05, 0) is 13.0 Å². The zero-order chi connectivity index (χ0) is 11.2. The maximum absolute atomic E-state index is 12.8. The summed E-state index contributed by atoms with van der Waals surface area (Å²) < 4.78 is 25.6. The third-order valence-corrected chi connectivity index (χ3v) is 2.02. The maximum atomic E-state index is 12.8. The van der Waals surface area contributed by atoms with Crippen molar-refractivity contribution in [2.24, 2.45) is 5.92 Å². The fraction of sp³-hybridized carbons (Fsp3) is 0.700. The van der Waals surface area contributed by atoms with E-state index in [1.807, 2.05) is 0 Å². The molecule has 1 unspecified atom stereocenters. The van der Waals surface area contributed by atoms with Crippen LogP contribution in [0, 0.1) is 5.92 Å². The Balaban J connectivity index is 3.82. The lowest BCUT2D eigenvalue weighted by atomic mass is 10.1. The SMILES string of the molecule is C=C=CCNN(C)CC(C)C(C)(F)F. The highest BCUT2D eigenvalue weighted by molar-refractivity contribution is 4.78.